The van der Waals surface area contributed by atoms with Crippen molar-refractivity contribution in [1.29, 1.82) is 0 Å². The van der Waals surface area contributed by atoms with Gasteiger partial charge in [0.05, 0.1) is 6.04 Å². The zero-order valence-corrected chi connectivity index (χ0v) is 16.9. The Balaban J connectivity index is 1.90. The molecule has 1 aromatic carbocycles. The lowest BCUT2D eigenvalue weighted by atomic mass is 10.1. The molecule has 2 N–H and O–H groups in total. The van der Waals surface area contributed by atoms with Crippen molar-refractivity contribution < 1.29 is 9.59 Å². The fraction of sp³-hybridized carbons (Fsp3) is 0.400. The second-order valence-corrected chi connectivity index (χ2v) is 7.74. The Bertz CT molecular complexity index is 783. The summed E-state index contributed by atoms with van der Waals surface area (Å²) < 4.78 is 0. The number of thiophene rings is 1. The Hall–Kier alpha value is -2.18. The Morgan fingerprint density at radius 2 is 1.81 bits per heavy atom. The largest absolute Gasteiger partial charge is 0.354 e. The minimum atomic E-state index is -0.301. The molecule has 6 heteroatoms. The molecule has 0 bridgehead atoms. The SMILES string of the molecule is Cc1ccc(C)c(NC(=O)CC(=O)NCC(c2sccc2C)N(C)C)c1. The average Bonchev–Trinajstić information content (AvgIpc) is 2.96. The minimum absolute atomic E-state index is 0.0982. The molecule has 0 radical (unpaired) electrons. The molecule has 1 unspecified atom stereocenters. The zero-order chi connectivity index (χ0) is 19.3. The highest BCUT2D eigenvalue weighted by Crippen LogP contribution is 2.26. The molecule has 1 aromatic heterocycles. The van der Waals surface area contributed by atoms with Crippen molar-refractivity contribution in [2.75, 3.05) is 26.0 Å². The van der Waals surface area contributed by atoms with Crippen molar-refractivity contribution in [2.45, 2.75) is 33.2 Å². The van der Waals surface area contributed by atoms with Crippen LogP contribution in [0.1, 0.15) is 34.0 Å². The lowest BCUT2D eigenvalue weighted by molar-refractivity contribution is -0.126. The molecule has 0 saturated heterocycles. The van der Waals surface area contributed by atoms with Crippen LogP contribution in [0, 0.1) is 20.8 Å². The molecule has 0 spiro atoms. The molecule has 1 atom stereocenters. The number of hydrogen-bond acceptors (Lipinski definition) is 4. The second-order valence-electron chi connectivity index (χ2n) is 6.79. The van der Waals surface area contributed by atoms with Gasteiger partial charge in [-0.25, -0.2) is 0 Å². The van der Waals surface area contributed by atoms with Gasteiger partial charge in [-0.2, -0.15) is 0 Å². The summed E-state index contributed by atoms with van der Waals surface area (Å²) >= 11 is 1.68. The molecular weight excluding hydrogens is 346 g/mol. The van der Waals surface area contributed by atoms with Crippen molar-refractivity contribution in [3.8, 4) is 0 Å². The molecule has 0 fully saturated rings. The van der Waals surface area contributed by atoms with E-state index in [9.17, 15) is 9.59 Å². The Labute approximate surface area is 159 Å². The topological polar surface area (TPSA) is 61.4 Å². The third-order valence-corrected chi connectivity index (χ3v) is 5.43. The number of likely N-dealkylation sites (N-methyl/N-ethyl adjacent to an activating group) is 1. The van der Waals surface area contributed by atoms with Gasteiger partial charge in [-0.15, -0.1) is 11.3 Å². The Morgan fingerprint density at radius 1 is 1.08 bits per heavy atom. The quantitative estimate of drug-likeness (QED) is 0.731. The van der Waals surface area contributed by atoms with E-state index in [1.54, 1.807) is 11.3 Å². The smallest absolute Gasteiger partial charge is 0.233 e. The van der Waals surface area contributed by atoms with Crippen LogP contribution < -0.4 is 10.6 Å². The van der Waals surface area contributed by atoms with Crippen LogP contribution in [-0.4, -0.2) is 37.4 Å². The number of anilines is 1. The van der Waals surface area contributed by atoms with Crippen molar-refractivity contribution in [1.82, 2.24) is 10.2 Å². The van der Waals surface area contributed by atoms with Crippen molar-refractivity contribution in [2.24, 2.45) is 0 Å². The molecule has 0 saturated carbocycles. The molecule has 2 amide bonds. The highest BCUT2D eigenvalue weighted by Gasteiger charge is 2.19. The van der Waals surface area contributed by atoms with Crippen LogP contribution in [0.25, 0.3) is 0 Å². The van der Waals surface area contributed by atoms with Crippen LogP contribution in [0.2, 0.25) is 0 Å². The predicted octanol–water partition coefficient (Wildman–Crippen LogP) is 3.42. The van der Waals surface area contributed by atoms with E-state index in [0.29, 0.717) is 6.54 Å². The van der Waals surface area contributed by atoms with E-state index >= 15 is 0 Å². The number of aryl methyl sites for hydroxylation is 3. The maximum atomic E-state index is 12.2. The van der Waals surface area contributed by atoms with E-state index < -0.39 is 0 Å². The number of hydrogen-bond donors (Lipinski definition) is 2. The molecule has 1 heterocycles. The van der Waals surface area contributed by atoms with E-state index in [4.69, 9.17) is 0 Å². The zero-order valence-electron chi connectivity index (χ0n) is 16.1. The summed E-state index contributed by atoms with van der Waals surface area (Å²) in [5.74, 6) is -0.571. The minimum Gasteiger partial charge on any atom is -0.354 e. The van der Waals surface area contributed by atoms with Crippen LogP contribution in [0.3, 0.4) is 0 Å². The highest BCUT2D eigenvalue weighted by atomic mass is 32.1. The first-order chi connectivity index (χ1) is 12.3. The highest BCUT2D eigenvalue weighted by molar-refractivity contribution is 7.10. The standard InChI is InChI=1S/C20H27N3O2S/c1-13-6-7-14(2)16(10-13)22-19(25)11-18(24)21-12-17(23(4)5)20-15(3)8-9-26-20/h6-10,17H,11-12H2,1-5H3,(H,21,24)(H,22,25). The summed E-state index contributed by atoms with van der Waals surface area (Å²) in [5.41, 5.74) is 4.01. The molecule has 0 aliphatic rings. The van der Waals surface area contributed by atoms with Crippen LogP contribution >= 0.6 is 11.3 Å². The number of rotatable bonds is 7. The molecule has 2 rings (SSSR count). The lowest BCUT2D eigenvalue weighted by Crippen LogP contribution is -2.36. The van der Waals surface area contributed by atoms with Gasteiger partial charge < -0.3 is 15.5 Å². The van der Waals surface area contributed by atoms with Gasteiger partial charge in [-0.1, -0.05) is 12.1 Å². The van der Waals surface area contributed by atoms with Gasteiger partial charge in [0, 0.05) is 17.1 Å². The van der Waals surface area contributed by atoms with Gasteiger partial charge in [0.25, 0.3) is 0 Å². The molecule has 2 aromatic rings. The third kappa shape index (κ3) is 5.41. The van der Waals surface area contributed by atoms with Gasteiger partial charge in [-0.05, 0) is 69.1 Å². The van der Waals surface area contributed by atoms with E-state index in [0.717, 1.165) is 16.8 Å². The maximum Gasteiger partial charge on any atom is 0.233 e. The summed E-state index contributed by atoms with van der Waals surface area (Å²) in [6.07, 6.45) is -0.184. The van der Waals surface area contributed by atoms with Gasteiger partial charge in [0.2, 0.25) is 11.8 Å². The van der Waals surface area contributed by atoms with Gasteiger partial charge in [-0.3, -0.25) is 9.59 Å². The summed E-state index contributed by atoms with van der Waals surface area (Å²) in [6, 6.07) is 8.03. The van der Waals surface area contributed by atoms with E-state index in [-0.39, 0.29) is 24.3 Å². The predicted molar refractivity (Wildman–Crippen MR) is 108 cm³/mol. The first kappa shape index (κ1) is 20.1. The monoisotopic (exact) mass is 373 g/mol. The van der Waals surface area contributed by atoms with Crippen molar-refractivity contribution >= 4 is 28.8 Å². The van der Waals surface area contributed by atoms with Crippen LogP contribution in [0.15, 0.2) is 29.6 Å². The van der Waals surface area contributed by atoms with Crippen molar-refractivity contribution in [3.63, 3.8) is 0 Å². The van der Waals surface area contributed by atoms with Crippen LogP contribution in [0.5, 0.6) is 0 Å². The average molecular weight is 374 g/mol. The molecule has 0 aliphatic heterocycles. The maximum absolute atomic E-state index is 12.2. The van der Waals surface area contributed by atoms with E-state index in [2.05, 4.69) is 33.9 Å². The number of benzene rings is 1. The first-order valence-electron chi connectivity index (χ1n) is 8.62. The fourth-order valence-corrected chi connectivity index (χ4v) is 3.84. The fourth-order valence-electron chi connectivity index (χ4n) is 2.72. The Kier molecular flexibility index (Phi) is 6.94. The first-order valence-corrected chi connectivity index (χ1v) is 9.50. The third-order valence-electron chi connectivity index (χ3n) is 4.31. The number of carbonyl (C=O) groups excluding carboxylic acids is 2. The summed E-state index contributed by atoms with van der Waals surface area (Å²) in [7, 11) is 3.98. The molecule has 26 heavy (non-hydrogen) atoms. The normalized spacial score (nSPS) is 12.1. The Morgan fingerprint density at radius 3 is 2.42 bits per heavy atom. The van der Waals surface area contributed by atoms with Gasteiger partial charge >= 0.3 is 0 Å². The van der Waals surface area contributed by atoms with Gasteiger partial charge in [0.15, 0.2) is 0 Å². The molecular formula is C20H27N3O2S. The van der Waals surface area contributed by atoms with Crippen molar-refractivity contribution in [3.05, 3.63) is 51.2 Å². The second kappa shape index (κ2) is 8.96. The van der Waals surface area contributed by atoms with Crippen LogP contribution in [-0.2, 0) is 9.59 Å². The number of amides is 2. The number of carbonyl (C=O) groups is 2. The van der Waals surface area contributed by atoms with E-state index in [1.165, 1.54) is 10.4 Å². The van der Waals surface area contributed by atoms with E-state index in [1.807, 2.05) is 46.1 Å². The lowest BCUT2D eigenvalue weighted by Gasteiger charge is -2.24. The number of nitrogens with zero attached hydrogens (tertiary/aromatic N) is 1. The summed E-state index contributed by atoms with van der Waals surface area (Å²) in [6.45, 7) is 6.45. The van der Waals surface area contributed by atoms with Gasteiger partial charge in [0.1, 0.15) is 6.42 Å². The molecule has 0 aliphatic carbocycles. The van der Waals surface area contributed by atoms with Crippen LogP contribution in [0.4, 0.5) is 5.69 Å². The number of nitrogens with one attached hydrogen (secondary N) is 2. The summed E-state index contributed by atoms with van der Waals surface area (Å²) in [5, 5.41) is 7.76. The molecule has 5 nitrogen and oxygen atoms in total. The molecule has 140 valence electrons. The summed E-state index contributed by atoms with van der Waals surface area (Å²) in [4.78, 5) is 27.7.